The predicted molar refractivity (Wildman–Crippen MR) is 48.6 cm³/mol. The first kappa shape index (κ1) is 9.93. The van der Waals surface area contributed by atoms with Crippen molar-refractivity contribution >= 4 is 5.97 Å². The molecule has 14 heavy (non-hydrogen) atoms. The van der Waals surface area contributed by atoms with Gasteiger partial charge in [-0.05, 0) is 26.7 Å². The third-order valence-corrected chi connectivity index (χ3v) is 2.72. The second kappa shape index (κ2) is 2.94. The number of hydrogen-bond acceptors (Lipinski definition) is 4. The van der Waals surface area contributed by atoms with Crippen LogP contribution in [-0.4, -0.2) is 30.6 Å². The molecule has 0 N–H and O–H groups in total. The zero-order chi connectivity index (χ0) is 10.4. The predicted octanol–water partition coefficient (Wildman–Crippen LogP) is 1.23. The molecule has 1 saturated carbocycles. The number of ether oxygens (including phenoxy) is 3. The van der Waals surface area contributed by atoms with E-state index in [4.69, 9.17) is 9.47 Å². The molecule has 4 heteroatoms. The molecule has 1 saturated heterocycles. The lowest BCUT2D eigenvalue weighted by Gasteiger charge is -2.40. The van der Waals surface area contributed by atoms with Crippen molar-refractivity contribution in [3.63, 3.8) is 0 Å². The fourth-order valence-corrected chi connectivity index (χ4v) is 2.02. The molecule has 0 aromatic rings. The molecule has 1 aliphatic carbocycles. The number of carbonyl (C=O) groups excluding carboxylic acids is 1. The third kappa shape index (κ3) is 1.77. The summed E-state index contributed by atoms with van der Waals surface area (Å²) in [4.78, 5) is 11.4. The zero-order valence-electron chi connectivity index (χ0n) is 8.83. The van der Waals surface area contributed by atoms with Gasteiger partial charge in [-0.2, -0.15) is 0 Å². The number of methoxy groups -OCH3 is 1. The highest BCUT2D eigenvalue weighted by atomic mass is 16.7. The smallest absolute Gasteiger partial charge is 0.335 e. The van der Waals surface area contributed by atoms with Crippen molar-refractivity contribution in [3.8, 4) is 0 Å². The van der Waals surface area contributed by atoms with Crippen LogP contribution in [0.5, 0.6) is 0 Å². The van der Waals surface area contributed by atoms with Crippen molar-refractivity contribution in [1.82, 2.24) is 0 Å². The van der Waals surface area contributed by atoms with Crippen molar-refractivity contribution in [2.45, 2.75) is 50.6 Å². The minimum atomic E-state index is -0.673. The summed E-state index contributed by atoms with van der Waals surface area (Å²) in [5.74, 6) is -0.971. The van der Waals surface area contributed by atoms with E-state index in [1.165, 1.54) is 7.11 Å². The molecule has 2 aliphatic rings. The van der Waals surface area contributed by atoms with Crippen molar-refractivity contribution in [1.29, 1.82) is 0 Å². The van der Waals surface area contributed by atoms with Crippen LogP contribution in [0.1, 0.15) is 33.1 Å². The van der Waals surface area contributed by atoms with Crippen molar-refractivity contribution in [2.24, 2.45) is 0 Å². The van der Waals surface area contributed by atoms with Crippen LogP contribution in [0.2, 0.25) is 0 Å². The van der Waals surface area contributed by atoms with Gasteiger partial charge in [-0.25, -0.2) is 4.79 Å². The Morgan fingerprint density at radius 3 is 2.57 bits per heavy atom. The first-order valence-electron chi connectivity index (χ1n) is 4.92. The first-order valence-corrected chi connectivity index (χ1v) is 4.92. The van der Waals surface area contributed by atoms with E-state index in [1.54, 1.807) is 0 Å². The van der Waals surface area contributed by atoms with Crippen LogP contribution in [0, 0.1) is 0 Å². The largest absolute Gasteiger partial charge is 0.467 e. The number of carbonyl (C=O) groups is 1. The summed E-state index contributed by atoms with van der Waals surface area (Å²) < 4.78 is 16.0. The van der Waals surface area contributed by atoms with Crippen LogP contribution in [-0.2, 0) is 19.0 Å². The minimum Gasteiger partial charge on any atom is -0.467 e. The fourth-order valence-electron chi connectivity index (χ4n) is 2.02. The maximum atomic E-state index is 11.4. The van der Waals surface area contributed by atoms with Gasteiger partial charge >= 0.3 is 5.97 Å². The molecule has 0 aromatic heterocycles. The Hall–Kier alpha value is -0.610. The van der Waals surface area contributed by atoms with Gasteiger partial charge < -0.3 is 14.2 Å². The Bertz CT molecular complexity index is 249. The van der Waals surface area contributed by atoms with Gasteiger partial charge in [0.1, 0.15) is 0 Å². The lowest BCUT2D eigenvalue weighted by molar-refractivity contribution is -0.306. The summed E-state index contributed by atoms with van der Waals surface area (Å²) in [6.45, 7) is 3.67. The lowest BCUT2D eigenvalue weighted by atomic mass is 10.1. The van der Waals surface area contributed by atoms with E-state index >= 15 is 0 Å². The van der Waals surface area contributed by atoms with Gasteiger partial charge in [0.2, 0.25) is 0 Å². The number of esters is 1. The standard InChI is InChI=1S/C10H16O4/c1-9(2)13-7(8(11)12-3)6-10(14-9)4-5-10/h7H,4-6H2,1-3H3/t7-/m1/s1. The highest BCUT2D eigenvalue weighted by Gasteiger charge is 2.55. The van der Waals surface area contributed by atoms with E-state index in [2.05, 4.69) is 4.74 Å². The average Bonchev–Trinajstić information content (AvgIpc) is 2.80. The molecule has 2 rings (SSSR count). The second-order valence-corrected chi connectivity index (χ2v) is 4.52. The van der Waals surface area contributed by atoms with Crippen LogP contribution in [0.3, 0.4) is 0 Å². The van der Waals surface area contributed by atoms with Gasteiger partial charge in [0.05, 0.1) is 12.7 Å². The van der Waals surface area contributed by atoms with E-state index < -0.39 is 11.9 Å². The summed E-state index contributed by atoms with van der Waals surface area (Å²) in [7, 11) is 1.38. The van der Waals surface area contributed by atoms with Crippen LogP contribution in [0.4, 0.5) is 0 Å². The Kier molecular flexibility index (Phi) is 2.08. The minimum absolute atomic E-state index is 0.111. The van der Waals surface area contributed by atoms with E-state index in [0.717, 1.165) is 12.8 Å². The third-order valence-electron chi connectivity index (χ3n) is 2.72. The van der Waals surface area contributed by atoms with Crippen LogP contribution >= 0.6 is 0 Å². The summed E-state index contributed by atoms with van der Waals surface area (Å²) in [5.41, 5.74) is -0.111. The Labute approximate surface area is 83.5 Å². The molecule has 2 fully saturated rings. The topological polar surface area (TPSA) is 44.8 Å². The molecule has 1 heterocycles. The normalized spacial score (nSPS) is 32.6. The van der Waals surface area contributed by atoms with Crippen LogP contribution < -0.4 is 0 Å². The van der Waals surface area contributed by atoms with Crippen molar-refractivity contribution in [2.75, 3.05) is 7.11 Å². The average molecular weight is 200 g/mol. The van der Waals surface area contributed by atoms with Crippen molar-refractivity contribution < 1.29 is 19.0 Å². The molecule has 4 nitrogen and oxygen atoms in total. The van der Waals surface area contributed by atoms with Gasteiger partial charge in [-0.1, -0.05) is 0 Å². The van der Waals surface area contributed by atoms with E-state index in [1.807, 2.05) is 13.8 Å². The molecule has 1 aliphatic heterocycles. The van der Waals surface area contributed by atoms with Crippen LogP contribution in [0.25, 0.3) is 0 Å². The van der Waals surface area contributed by atoms with Gasteiger partial charge in [-0.15, -0.1) is 0 Å². The molecule has 0 bridgehead atoms. The zero-order valence-corrected chi connectivity index (χ0v) is 8.83. The fraction of sp³-hybridized carbons (Fsp3) is 0.900. The monoisotopic (exact) mass is 200 g/mol. The number of rotatable bonds is 1. The van der Waals surface area contributed by atoms with Crippen LogP contribution in [0.15, 0.2) is 0 Å². The summed E-state index contributed by atoms with van der Waals surface area (Å²) >= 11 is 0. The molecule has 0 amide bonds. The quantitative estimate of drug-likeness (QED) is 0.597. The van der Waals surface area contributed by atoms with E-state index in [9.17, 15) is 4.79 Å². The molecule has 0 aromatic carbocycles. The molecular weight excluding hydrogens is 184 g/mol. The maximum absolute atomic E-state index is 11.4. The molecule has 1 spiro atoms. The van der Waals surface area contributed by atoms with Gasteiger partial charge in [0.15, 0.2) is 11.9 Å². The van der Waals surface area contributed by atoms with Gasteiger partial charge in [0, 0.05) is 6.42 Å². The summed E-state index contributed by atoms with van der Waals surface area (Å²) in [6, 6.07) is 0. The van der Waals surface area contributed by atoms with E-state index in [0.29, 0.717) is 6.42 Å². The Balaban J connectivity index is 2.09. The number of hydrogen-bond donors (Lipinski definition) is 0. The summed E-state index contributed by atoms with van der Waals surface area (Å²) in [6.07, 6.45) is 2.20. The lowest BCUT2D eigenvalue weighted by Crippen LogP contribution is -2.48. The second-order valence-electron chi connectivity index (χ2n) is 4.52. The Morgan fingerprint density at radius 1 is 1.43 bits per heavy atom. The SMILES string of the molecule is COC(=O)[C@H]1CC2(CC2)OC(C)(C)O1. The van der Waals surface area contributed by atoms with Gasteiger partial charge in [-0.3, -0.25) is 0 Å². The van der Waals surface area contributed by atoms with E-state index in [-0.39, 0.29) is 11.6 Å². The first-order chi connectivity index (χ1) is 6.46. The van der Waals surface area contributed by atoms with Gasteiger partial charge in [0.25, 0.3) is 0 Å². The summed E-state index contributed by atoms with van der Waals surface area (Å²) in [5, 5.41) is 0. The molecule has 1 atom stereocenters. The molecule has 0 unspecified atom stereocenters. The molecule has 80 valence electrons. The Morgan fingerprint density at radius 2 is 2.07 bits per heavy atom. The molecule has 0 radical (unpaired) electrons. The highest BCUT2D eigenvalue weighted by molar-refractivity contribution is 5.74. The van der Waals surface area contributed by atoms with Crippen molar-refractivity contribution in [3.05, 3.63) is 0 Å². The highest BCUT2D eigenvalue weighted by Crippen LogP contribution is 2.50. The molecular formula is C10H16O4. The maximum Gasteiger partial charge on any atom is 0.335 e.